The number of hydrogen-bond acceptors (Lipinski definition) is 3. The Morgan fingerprint density at radius 3 is 2.90 bits per heavy atom. The van der Waals surface area contributed by atoms with Crippen LogP contribution in [0, 0.1) is 0 Å². The zero-order valence-corrected chi connectivity index (χ0v) is 12.7. The zero-order chi connectivity index (χ0) is 14.4. The van der Waals surface area contributed by atoms with Gasteiger partial charge in [0, 0.05) is 23.6 Å². The highest BCUT2D eigenvalue weighted by molar-refractivity contribution is 7.98. The van der Waals surface area contributed by atoms with Crippen molar-refractivity contribution in [3.05, 3.63) is 47.9 Å². The minimum atomic E-state index is -0.238. The molecule has 0 aliphatic heterocycles. The van der Waals surface area contributed by atoms with Gasteiger partial charge in [-0.05, 0) is 42.7 Å². The van der Waals surface area contributed by atoms with Crippen LogP contribution in [-0.2, 0) is 4.79 Å². The van der Waals surface area contributed by atoms with Crippen molar-refractivity contribution < 1.29 is 4.79 Å². The molecule has 0 saturated heterocycles. The van der Waals surface area contributed by atoms with Crippen molar-refractivity contribution in [2.24, 2.45) is 0 Å². The number of rotatable bonds is 6. The summed E-state index contributed by atoms with van der Waals surface area (Å²) < 4.78 is 1.91. The van der Waals surface area contributed by atoms with Gasteiger partial charge in [0.1, 0.15) is 11.9 Å². The topological polar surface area (TPSA) is 46.9 Å². The van der Waals surface area contributed by atoms with Gasteiger partial charge in [-0.3, -0.25) is 4.79 Å². The summed E-state index contributed by atoms with van der Waals surface area (Å²) in [6, 6.07) is 6.90. The smallest absolute Gasteiger partial charge is 0.248 e. The van der Waals surface area contributed by atoms with E-state index in [1.54, 1.807) is 30.1 Å². The van der Waals surface area contributed by atoms with E-state index in [4.69, 9.17) is 11.6 Å². The molecule has 1 atom stereocenters. The number of carbonyl (C=O) groups excluding carboxylic acids is 1. The normalized spacial score (nSPS) is 12.1. The Balaban J connectivity index is 2.10. The van der Waals surface area contributed by atoms with Gasteiger partial charge in [0.25, 0.3) is 0 Å². The van der Waals surface area contributed by atoms with Crippen LogP contribution in [0.3, 0.4) is 0 Å². The SMILES string of the molecule is CSCCC(C(=O)Nc1cc(Cl)ccn1)n1cccc1. The summed E-state index contributed by atoms with van der Waals surface area (Å²) in [6.07, 6.45) is 8.17. The van der Waals surface area contributed by atoms with Crippen LogP contribution in [0.15, 0.2) is 42.9 Å². The lowest BCUT2D eigenvalue weighted by Gasteiger charge is -2.18. The molecule has 2 aromatic rings. The first-order chi connectivity index (χ1) is 9.70. The molecule has 0 aliphatic rings. The number of amides is 1. The summed E-state index contributed by atoms with van der Waals surface area (Å²) >= 11 is 7.61. The molecule has 6 heteroatoms. The van der Waals surface area contributed by atoms with Crippen molar-refractivity contribution in [3.8, 4) is 0 Å². The fourth-order valence-corrected chi connectivity index (χ4v) is 2.50. The lowest BCUT2D eigenvalue weighted by atomic mass is 10.2. The number of thioether (sulfide) groups is 1. The number of pyridine rings is 1. The third kappa shape index (κ3) is 4.02. The van der Waals surface area contributed by atoms with Gasteiger partial charge in [-0.1, -0.05) is 11.6 Å². The van der Waals surface area contributed by atoms with Gasteiger partial charge < -0.3 is 9.88 Å². The Hall–Kier alpha value is -1.46. The first-order valence-corrected chi connectivity index (χ1v) is 8.01. The molecule has 0 aliphatic carbocycles. The third-order valence-corrected chi connectivity index (χ3v) is 3.74. The zero-order valence-electron chi connectivity index (χ0n) is 11.1. The Bertz CT molecular complexity index is 559. The monoisotopic (exact) mass is 309 g/mol. The van der Waals surface area contributed by atoms with Crippen LogP contribution in [0.2, 0.25) is 5.02 Å². The highest BCUT2D eigenvalue weighted by Crippen LogP contribution is 2.18. The molecule has 0 fully saturated rings. The maximum Gasteiger partial charge on any atom is 0.248 e. The minimum Gasteiger partial charge on any atom is -0.342 e. The number of nitrogens with zero attached hydrogens (tertiary/aromatic N) is 2. The predicted octanol–water partition coefficient (Wildman–Crippen LogP) is 3.47. The Morgan fingerprint density at radius 2 is 2.25 bits per heavy atom. The molecule has 0 aromatic carbocycles. The van der Waals surface area contributed by atoms with Crippen molar-refractivity contribution in [2.45, 2.75) is 12.5 Å². The Kier molecular flexibility index (Phi) is 5.49. The molecule has 20 heavy (non-hydrogen) atoms. The molecular weight excluding hydrogens is 294 g/mol. The third-order valence-electron chi connectivity index (χ3n) is 2.86. The number of halogens is 1. The number of aromatic nitrogens is 2. The quantitative estimate of drug-likeness (QED) is 0.889. The maximum atomic E-state index is 12.4. The highest BCUT2D eigenvalue weighted by atomic mass is 35.5. The van der Waals surface area contributed by atoms with E-state index in [-0.39, 0.29) is 11.9 Å². The first-order valence-electron chi connectivity index (χ1n) is 6.24. The van der Waals surface area contributed by atoms with Crippen LogP contribution in [-0.4, -0.2) is 27.5 Å². The number of carbonyl (C=O) groups is 1. The maximum absolute atomic E-state index is 12.4. The second-order valence-corrected chi connectivity index (χ2v) is 5.70. The van der Waals surface area contributed by atoms with Crippen LogP contribution in [0.4, 0.5) is 5.82 Å². The van der Waals surface area contributed by atoms with Crippen LogP contribution in [0.5, 0.6) is 0 Å². The van der Waals surface area contributed by atoms with E-state index in [1.165, 1.54) is 0 Å². The highest BCUT2D eigenvalue weighted by Gasteiger charge is 2.19. The molecule has 4 nitrogen and oxygen atoms in total. The fourth-order valence-electron chi connectivity index (χ4n) is 1.88. The van der Waals surface area contributed by atoms with Crippen molar-refractivity contribution in [2.75, 3.05) is 17.3 Å². The first kappa shape index (κ1) is 14.9. The summed E-state index contributed by atoms with van der Waals surface area (Å²) in [5.74, 6) is 1.31. The standard InChI is InChI=1S/C14H16ClN3OS/c1-20-9-5-12(18-7-2-3-8-18)14(19)17-13-10-11(15)4-6-16-13/h2-4,6-8,10,12H,5,9H2,1H3,(H,16,17,19). The molecule has 106 valence electrons. The summed E-state index contributed by atoms with van der Waals surface area (Å²) in [5.41, 5.74) is 0. The second kappa shape index (κ2) is 7.36. The summed E-state index contributed by atoms with van der Waals surface area (Å²) in [7, 11) is 0. The molecule has 2 heterocycles. The Labute approximate surface area is 127 Å². The van der Waals surface area contributed by atoms with Gasteiger partial charge in [0.15, 0.2) is 0 Å². The van der Waals surface area contributed by atoms with Gasteiger partial charge in [0.05, 0.1) is 0 Å². The van der Waals surface area contributed by atoms with Crippen LogP contribution in [0.1, 0.15) is 12.5 Å². The lowest BCUT2D eigenvalue weighted by Crippen LogP contribution is -2.26. The average Bonchev–Trinajstić information content (AvgIpc) is 2.93. The van der Waals surface area contributed by atoms with E-state index in [1.807, 2.05) is 35.3 Å². The van der Waals surface area contributed by atoms with E-state index in [9.17, 15) is 4.79 Å². The molecule has 0 radical (unpaired) electrons. The minimum absolute atomic E-state index is 0.0787. The van der Waals surface area contributed by atoms with Gasteiger partial charge in [-0.15, -0.1) is 0 Å². The van der Waals surface area contributed by atoms with Crippen molar-refractivity contribution in [1.29, 1.82) is 0 Å². The molecule has 0 bridgehead atoms. The van der Waals surface area contributed by atoms with Crippen molar-refractivity contribution in [3.63, 3.8) is 0 Å². The molecule has 1 N–H and O–H groups in total. The molecule has 2 rings (SSSR count). The molecule has 0 spiro atoms. The Morgan fingerprint density at radius 1 is 1.50 bits per heavy atom. The summed E-state index contributed by atoms with van der Waals surface area (Å²) in [5, 5.41) is 3.37. The van der Waals surface area contributed by atoms with Crippen LogP contribution in [0.25, 0.3) is 0 Å². The van der Waals surface area contributed by atoms with E-state index in [2.05, 4.69) is 10.3 Å². The molecule has 0 saturated carbocycles. The molecule has 1 unspecified atom stereocenters. The number of anilines is 1. The van der Waals surface area contributed by atoms with E-state index in [0.29, 0.717) is 10.8 Å². The summed E-state index contributed by atoms with van der Waals surface area (Å²) in [4.78, 5) is 16.5. The molecular formula is C14H16ClN3OS. The van der Waals surface area contributed by atoms with E-state index >= 15 is 0 Å². The van der Waals surface area contributed by atoms with E-state index < -0.39 is 0 Å². The van der Waals surface area contributed by atoms with E-state index in [0.717, 1.165) is 12.2 Å². The lowest BCUT2D eigenvalue weighted by molar-refractivity contribution is -0.119. The fraction of sp³-hybridized carbons (Fsp3) is 0.286. The van der Waals surface area contributed by atoms with Crippen molar-refractivity contribution >= 4 is 35.1 Å². The van der Waals surface area contributed by atoms with Gasteiger partial charge in [-0.2, -0.15) is 11.8 Å². The van der Waals surface area contributed by atoms with Gasteiger partial charge in [0.2, 0.25) is 5.91 Å². The largest absolute Gasteiger partial charge is 0.342 e. The van der Waals surface area contributed by atoms with Crippen LogP contribution >= 0.6 is 23.4 Å². The van der Waals surface area contributed by atoms with Gasteiger partial charge >= 0.3 is 0 Å². The molecule has 1 amide bonds. The number of nitrogens with one attached hydrogen (secondary N) is 1. The predicted molar refractivity (Wildman–Crippen MR) is 84.3 cm³/mol. The van der Waals surface area contributed by atoms with Gasteiger partial charge in [-0.25, -0.2) is 4.98 Å². The van der Waals surface area contributed by atoms with Crippen LogP contribution < -0.4 is 5.32 Å². The summed E-state index contributed by atoms with van der Waals surface area (Å²) in [6.45, 7) is 0. The molecule has 2 aromatic heterocycles. The average molecular weight is 310 g/mol. The number of hydrogen-bond donors (Lipinski definition) is 1. The second-order valence-electron chi connectivity index (χ2n) is 4.28. The van der Waals surface area contributed by atoms with Crippen molar-refractivity contribution in [1.82, 2.24) is 9.55 Å².